The number of benzene rings is 2. The lowest BCUT2D eigenvalue weighted by molar-refractivity contribution is -0.139. The van der Waals surface area contributed by atoms with Crippen LogP contribution in [0.1, 0.15) is 47.9 Å². The zero-order chi connectivity index (χ0) is 29.3. The molecule has 2 N–H and O–H groups in total. The van der Waals surface area contributed by atoms with Gasteiger partial charge in [0.1, 0.15) is 12.4 Å². The maximum Gasteiger partial charge on any atom is 0.417 e. The fourth-order valence-corrected chi connectivity index (χ4v) is 6.33. The number of carboxylic acids is 1. The molecule has 3 aromatic rings. The molecule has 3 unspecified atom stereocenters. The fraction of sp³-hybridized carbons (Fsp3) is 0.400. The molecule has 2 saturated carbocycles. The normalized spacial score (nSPS) is 26.1. The summed E-state index contributed by atoms with van der Waals surface area (Å²) in [5.74, 6) is -3.27. The number of aliphatic carboxylic acids is 1. The van der Waals surface area contributed by atoms with Crippen molar-refractivity contribution in [2.45, 2.75) is 50.5 Å². The molecule has 1 heterocycles. The molecule has 1 aromatic heterocycles. The summed E-state index contributed by atoms with van der Waals surface area (Å²) in [6.07, 6.45) is -1.79. The number of rotatable bonds is 8. The number of aromatic nitrogens is 1. The number of alkyl halides is 3. The Labute approximate surface area is 231 Å². The lowest BCUT2D eigenvalue weighted by Gasteiger charge is -2.40. The minimum absolute atomic E-state index is 0.0150. The SMILES string of the molecule is C[C@]1(O)C[C@@H](COc2ccc(-c3cc(COc4cc5c(cn4)C4C(C5)C4C(=O)O)c(F)cc3C(F)(F)F)cc2F)C1. The molecular weight excluding hydrogens is 549 g/mol. The maximum absolute atomic E-state index is 14.9. The molecule has 0 radical (unpaired) electrons. The van der Waals surface area contributed by atoms with Gasteiger partial charge in [-0.3, -0.25) is 4.79 Å². The number of hydrogen-bond acceptors (Lipinski definition) is 5. The average molecular weight is 576 g/mol. The van der Waals surface area contributed by atoms with E-state index in [-0.39, 0.29) is 47.1 Å². The Morgan fingerprint density at radius 1 is 1.10 bits per heavy atom. The summed E-state index contributed by atoms with van der Waals surface area (Å²) in [4.78, 5) is 15.5. The number of pyridine rings is 1. The van der Waals surface area contributed by atoms with Crippen LogP contribution in [-0.2, 0) is 24.0 Å². The highest BCUT2D eigenvalue weighted by Crippen LogP contribution is 2.61. The monoisotopic (exact) mass is 575 g/mol. The van der Waals surface area contributed by atoms with Gasteiger partial charge in [-0.2, -0.15) is 13.2 Å². The number of carboxylic acid groups (broad SMARTS) is 1. The highest BCUT2D eigenvalue weighted by molar-refractivity contribution is 5.77. The third kappa shape index (κ3) is 5.23. The van der Waals surface area contributed by atoms with Crippen LogP contribution in [0.5, 0.6) is 11.6 Å². The lowest BCUT2D eigenvalue weighted by Crippen LogP contribution is -2.43. The van der Waals surface area contributed by atoms with Crippen molar-refractivity contribution in [3.63, 3.8) is 0 Å². The first-order valence-electron chi connectivity index (χ1n) is 13.2. The Bertz CT molecular complexity index is 1530. The molecule has 216 valence electrons. The molecule has 2 aromatic carbocycles. The molecular formula is C30H26F5NO5. The van der Waals surface area contributed by atoms with Crippen LogP contribution in [0.25, 0.3) is 11.1 Å². The summed E-state index contributed by atoms with van der Waals surface area (Å²) in [5, 5.41) is 19.1. The lowest BCUT2D eigenvalue weighted by atomic mass is 9.73. The standard InChI is InChI=1S/C30H26F5NO5/c1-29(39)9-14(10-29)12-40-24-3-2-15(6-23(24)32)18-5-17(22(31)8-21(18)30(33,34)35)13-41-25-7-16-4-19-26(20(16)11-36-25)27(19)28(37)38/h2-3,5-8,11,14,19,26-27,39H,4,9-10,12-13H2,1H3,(H,37,38)/t14-,19?,26?,27?,29+. The van der Waals surface area contributed by atoms with E-state index in [0.29, 0.717) is 25.3 Å². The summed E-state index contributed by atoms with van der Waals surface area (Å²) in [7, 11) is 0. The average Bonchev–Trinajstić information content (AvgIpc) is 3.47. The van der Waals surface area contributed by atoms with Crippen molar-refractivity contribution in [3.05, 3.63) is 76.5 Å². The van der Waals surface area contributed by atoms with E-state index in [2.05, 4.69) is 4.98 Å². The van der Waals surface area contributed by atoms with Gasteiger partial charge in [-0.15, -0.1) is 0 Å². The molecule has 3 atom stereocenters. The van der Waals surface area contributed by atoms with Gasteiger partial charge < -0.3 is 19.7 Å². The van der Waals surface area contributed by atoms with E-state index in [4.69, 9.17) is 9.47 Å². The number of carbonyl (C=O) groups is 1. The quantitative estimate of drug-likeness (QED) is 0.314. The smallest absolute Gasteiger partial charge is 0.417 e. The van der Waals surface area contributed by atoms with Gasteiger partial charge in [0.15, 0.2) is 11.6 Å². The third-order valence-corrected chi connectivity index (χ3v) is 8.31. The molecule has 11 heteroatoms. The molecule has 0 bridgehead atoms. The van der Waals surface area contributed by atoms with Gasteiger partial charge in [0.05, 0.1) is 23.7 Å². The minimum Gasteiger partial charge on any atom is -0.490 e. The highest BCUT2D eigenvalue weighted by atomic mass is 19.4. The molecule has 0 aliphatic heterocycles. The molecule has 6 nitrogen and oxygen atoms in total. The Morgan fingerprint density at radius 3 is 2.51 bits per heavy atom. The molecule has 0 amide bonds. The van der Waals surface area contributed by atoms with Crippen LogP contribution in [0, 0.1) is 29.4 Å². The van der Waals surface area contributed by atoms with Gasteiger partial charge in [0, 0.05) is 23.7 Å². The van der Waals surface area contributed by atoms with Crippen molar-refractivity contribution >= 4 is 5.97 Å². The van der Waals surface area contributed by atoms with E-state index in [0.717, 1.165) is 23.3 Å². The topological polar surface area (TPSA) is 88.9 Å². The summed E-state index contributed by atoms with van der Waals surface area (Å²) in [5.41, 5.74) is -1.01. The van der Waals surface area contributed by atoms with E-state index in [1.165, 1.54) is 18.3 Å². The van der Waals surface area contributed by atoms with Gasteiger partial charge >= 0.3 is 12.1 Å². The van der Waals surface area contributed by atoms with Gasteiger partial charge in [0.25, 0.3) is 0 Å². The molecule has 3 aliphatic rings. The minimum atomic E-state index is -4.90. The van der Waals surface area contributed by atoms with Crippen LogP contribution in [0.15, 0.2) is 42.6 Å². The Balaban J connectivity index is 1.20. The number of hydrogen-bond donors (Lipinski definition) is 2. The van der Waals surface area contributed by atoms with Crippen LogP contribution >= 0.6 is 0 Å². The fourth-order valence-electron chi connectivity index (χ4n) is 6.33. The first kappa shape index (κ1) is 27.4. The van der Waals surface area contributed by atoms with Crippen molar-refractivity contribution in [3.8, 4) is 22.8 Å². The Hall–Kier alpha value is -3.73. The van der Waals surface area contributed by atoms with Crippen molar-refractivity contribution in [2.24, 2.45) is 17.8 Å². The van der Waals surface area contributed by atoms with E-state index < -0.39 is 53.0 Å². The van der Waals surface area contributed by atoms with Crippen LogP contribution < -0.4 is 9.47 Å². The number of halogens is 5. The second-order valence-electron chi connectivity index (χ2n) is 11.5. The largest absolute Gasteiger partial charge is 0.490 e. The summed E-state index contributed by atoms with van der Waals surface area (Å²) >= 11 is 0. The van der Waals surface area contributed by atoms with Crippen molar-refractivity contribution < 1.29 is 46.4 Å². The molecule has 0 saturated heterocycles. The predicted molar refractivity (Wildman–Crippen MR) is 135 cm³/mol. The predicted octanol–water partition coefficient (Wildman–Crippen LogP) is 6.13. The first-order valence-corrected chi connectivity index (χ1v) is 13.2. The van der Waals surface area contributed by atoms with Crippen LogP contribution in [-0.4, -0.2) is 33.4 Å². The number of ether oxygens (including phenoxy) is 2. The molecule has 3 aliphatic carbocycles. The molecule has 0 spiro atoms. The van der Waals surface area contributed by atoms with E-state index in [1.807, 2.05) is 0 Å². The van der Waals surface area contributed by atoms with E-state index >= 15 is 0 Å². The van der Waals surface area contributed by atoms with Gasteiger partial charge in [0.2, 0.25) is 5.88 Å². The van der Waals surface area contributed by atoms with Crippen molar-refractivity contribution in [2.75, 3.05) is 6.61 Å². The number of aliphatic hydroxyl groups is 1. The van der Waals surface area contributed by atoms with Gasteiger partial charge in [-0.25, -0.2) is 13.8 Å². The Kier molecular flexibility index (Phi) is 6.48. The Morgan fingerprint density at radius 2 is 1.85 bits per heavy atom. The van der Waals surface area contributed by atoms with Crippen LogP contribution in [0.4, 0.5) is 22.0 Å². The van der Waals surface area contributed by atoms with Crippen LogP contribution in [0.3, 0.4) is 0 Å². The van der Waals surface area contributed by atoms with Crippen LogP contribution in [0.2, 0.25) is 0 Å². The van der Waals surface area contributed by atoms with Gasteiger partial charge in [-0.1, -0.05) is 6.07 Å². The van der Waals surface area contributed by atoms with E-state index in [9.17, 15) is 37.0 Å². The number of nitrogens with zero attached hydrogens (tertiary/aromatic N) is 1. The van der Waals surface area contributed by atoms with Crippen molar-refractivity contribution in [1.82, 2.24) is 4.98 Å². The second kappa shape index (κ2) is 9.68. The maximum atomic E-state index is 14.9. The molecule has 2 fully saturated rings. The summed E-state index contributed by atoms with van der Waals surface area (Å²) < 4.78 is 82.3. The second-order valence-corrected chi connectivity index (χ2v) is 11.5. The van der Waals surface area contributed by atoms with Gasteiger partial charge in [-0.05, 0) is 84.5 Å². The highest BCUT2D eigenvalue weighted by Gasteiger charge is 2.60. The zero-order valence-electron chi connectivity index (χ0n) is 21.8. The summed E-state index contributed by atoms with van der Waals surface area (Å²) in [6.45, 7) is 1.43. The molecule has 41 heavy (non-hydrogen) atoms. The first-order chi connectivity index (χ1) is 19.3. The number of fused-ring (bicyclic) bond motifs is 3. The third-order valence-electron chi connectivity index (χ3n) is 8.31. The van der Waals surface area contributed by atoms with E-state index in [1.54, 1.807) is 13.0 Å². The molecule has 6 rings (SSSR count). The summed E-state index contributed by atoms with van der Waals surface area (Å²) in [6, 6.07) is 6.42. The zero-order valence-corrected chi connectivity index (χ0v) is 21.8. The van der Waals surface area contributed by atoms with Crippen molar-refractivity contribution in [1.29, 1.82) is 0 Å².